The lowest BCUT2D eigenvalue weighted by Gasteiger charge is -2.24. The summed E-state index contributed by atoms with van der Waals surface area (Å²) in [5.41, 5.74) is 0.766. The van der Waals surface area contributed by atoms with Crippen LogP contribution in [0.5, 0.6) is 0 Å². The quantitative estimate of drug-likeness (QED) is 0.604. The number of hydrogen-bond donors (Lipinski definition) is 0. The van der Waals surface area contributed by atoms with E-state index in [1.807, 2.05) is 30.3 Å². The summed E-state index contributed by atoms with van der Waals surface area (Å²) < 4.78 is 27.4. The van der Waals surface area contributed by atoms with E-state index in [1.54, 1.807) is 19.0 Å². The molecule has 1 unspecified atom stereocenters. The van der Waals surface area contributed by atoms with Gasteiger partial charge in [0.15, 0.2) is 0 Å². The van der Waals surface area contributed by atoms with Gasteiger partial charge < -0.3 is 4.90 Å². The number of nitro benzene ring substituents is 1. The van der Waals surface area contributed by atoms with E-state index in [0.717, 1.165) is 5.56 Å². The van der Waals surface area contributed by atoms with Crippen molar-refractivity contribution in [3.05, 3.63) is 70.3 Å². The molecule has 0 aromatic heterocycles. The van der Waals surface area contributed by atoms with Gasteiger partial charge in [-0.3, -0.25) is 10.1 Å². The summed E-state index contributed by atoms with van der Waals surface area (Å²) in [7, 11) is -0.424. The van der Waals surface area contributed by atoms with E-state index in [0.29, 0.717) is 5.96 Å². The number of guanidine groups is 1. The monoisotopic (exact) mass is 374 g/mol. The number of sulfonamides is 1. The Morgan fingerprint density at radius 3 is 2.27 bits per heavy atom. The lowest BCUT2D eigenvalue weighted by Crippen LogP contribution is -2.41. The molecule has 0 aliphatic carbocycles. The third kappa shape index (κ3) is 3.25. The molecule has 1 aliphatic heterocycles. The Morgan fingerprint density at radius 1 is 1.12 bits per heavy atom. The first kappa shape index (κ1) is 17.9. The van der Waals surface area contributed by atoms with Gasteiger partial charge in [-0.25, -0.2) is 17.7 Å². The molecule has 1 atom stereocenters. The van der Waals surface area contributed by atoms with Crippen LogP contribution in [-0.4, -0.2) is 49.1 Å². The van der Waals surface area contributed by atoms with Gasteiger partial charge in [0.2, 0.25) is 5.96 Å². The summed E-state index contributed by atoms with van der Waals surface area (Å²) in [5, 5.41) is 10.8. The van der Waals surface area contributed by atoms with Crippen molar-refractivity contribution in [2.24, 2.45) is 4.99 Å². The van der Waals surface area contributed by atoms with Crippen molar-refractivity contribution < 1.29 is 13.3 Å². The van der Waals surface area contributed by atoms with Crippen LogP contribution in [0.25, 0.3) is 0 Å². The molecule has 2 aromatic rings. The van der Waals surface area contributed by atoms with E-state index in [4.69, 9.17) is 0 Å². The molecule has 26 heavy (non-hydrogen) atoms. The van der Waals surface area contributed by atoms with E-state index in [1.165, 1.54) is 28.6 Å². The van der Waals surface area contributed by atoms with Crippen LogP contribution in [0.2, 0.25) is 0 Å². The molecule has 0 bridgehead atoms. The smallest absolute Gasteiger partial charge is 0.269 e. The molecule has 0 amide bonds. The molecular formula is C17H18N4O4S. The molecule has 136 valence electrons. The van der Waals surface area contributed by atoms with Gasteiger partial charge in [-0.1, -0.05) is 30.3 Å². The van der Waals surface area contributed by atoms with Crippen molar-refractivity contribution in [1.29, 1.82) is 0 Å². The zero-order valence-electron chi connectivity index (χ0n) is 14.3. The van der Waals surface area contributed by atoms with Crippen molar-refractivity contribution in [3.8, 4) is 0 Å². The fraction of sp³-hybridized carbons (Fsp3) is 0.235. The highest BCUT2D eigenvalue weighted by molar-refractivity contribution is 7.89. The first-order chi connectivity index (χ1) is 12.3. The summed E-state index contributed by atoms with van der Waals surface area (Å²) in [4.78, 5) is 16.4. The largest absolute Gasteiger partial charge is 0.348 e. The fourth-order valence-corrected chi connectivity index (χ4v) is 4.25. The molecular weight excluding hydrogens is 356 g/mol. The van der Waals surface area contributed by atoms with Crippen LogP contribution in [0.1, 0.15) is 11.6 Å². The Balaban J connectivity index is 1.96. The Bertz CT molecular complexity index is 940. The third-order valence-corrected chi connectivity index (χ3v) is 5.81. The highest BCUT2D eigenvalue weighted by Gasteiger charge is 2.36. The van der Waals surface area contributed by atoms with Crippen molar-refractivity contribution >= 4 is 21.7 Å². The maximum Gasteiger partial charge on any atom is 0.269 e. The highest BCUT2D eigenvalue weighted by Crippen LogP contribution is 2.30. The topological polar surface area (TPSA) is 96.1 Å². The van der Waals surface area contributed by atoms with Gasteiger partial charge in [0.1, 0.15) is 0 Å². The van der Waals surface area contributed by atoms with Crippen molar-refractivity contribution in [3.63, 3.8) is 0 Å². The van der Waals surface area contributed by atoms with Gasteiger partial charge in [-0.15, -0.1) is 0 Å². The van der Waals surface area contributed by atoms with Gasteiger partial charge in [-0.2, -0.15) is 0 Å². The molecule has 1 aliphatic rings. The van der Waals surface area contributed by atoms with Crippen LogP contribution in [0, 0.1) is 10.1 Å². The first-order valence-corrected chi connectivity index (χ1v) is 9.32. The van der Waals surface area contributed by atoms with E-state index in [2.05, 4.69) is 4.99 Å². The van der Waals surface area contributed by atoms with Crippen molar-refractivity contribution in [2.45, 2.75) is 10.9 Å². The number of aliphatic imine (C=N–C) groups is 1. The number of benzene rings is 2. The van der Waals surface area contributed by atoms with E-state index < -0.39 is 14.9 Å². The average molecular weight is 374 g/mol. The van der Waals surface area contributed by atoms with Gasteiger partial charge in [0, 0.05) is 26.2 Å². The Morgan fingerprint density at radius 2 is 1.73 bits per heavy atom. The summed E-state index contributed by atoms with van der Waals surface area (Å²) in [6, 6.07) is 14.0. The molecule has 8 nitrogen and oxygen atoms in total. The summed E-state index contributed by atoms with van der Waals surface area (Å²) >= 11 is 0. The van der Waals surface area contributed by atoms with Gasteiger partial charge in [-0.05, 0) is 17.7 Å². The van der Waals surface area contributed by atoms with Gasteiger partial charge in [0.25, 0.3) is 15.7 Å². The maximum absolute atomic E-state index is 13.1. The SMILES string of the molecule is CN(C)C1=NC(c2ccccc2)CN1S(=O)(=O)c1ccc([N+](=O)[O-])cc1. The summed E-state index contributed by atoms with van der Waals surface area (Å²) in [6.07, 6.45) is 0. The number of nitro groups is 1. The highest BCUT2D eigenvalue weighted by atomic mass is 32.2. The molecule has 1 heterocycles. The molecule has 0 N–H and O–H groups in total. The van der Waals surface area contributed by atoms with E-state index in [-0.39, 0.29) is 23.2 Å². The third-order valence-electron chi connectivity index (χ3n) is 4.05. The van der Waals surface area contributed by atoms with Crippen LogP contribution in [0.15, 0.2) is 64.5 Å². The van der Waals surface area contributed by atoms with Crippen LogP contribution < -0.4 is 0 Å². The molecule has 0 fully saturated rings. The normalized spacial score (nSPS) is 17.1. The van der Waals surface area contributed by atoms with Crippen molar-refractivity contribution in [1.82, 2.24) is 9.21 Å². The molecule has 9 heteroatoms. The summed E-state index contributed by atoms with van der Waals surface area (Å²) in [6.45, 7) is 0.177. The van der Waals surface area contributed by atoms with E-state index >= 15 is 0 Å². The Kier molecular flexibility index (Phi) is 4.64. The second-order valence-electron chi connectivity index (χ2n) is 6.04. The van der Waals surface area contributed by atoms with Crippen LogP contribution in [0.3, 0.4) is 0 Å². The number of nitrogens with zero attached hydrogens (tertiary/aromatic N) is 4. The minimum absolute atomic E-state index is 0.00800. The lowest BCUT2D eigenvalue weighted by atomic mass is 10.1. The predicted molar refractivity (Wildman–Crippen MR) is 97.3 cm³/mol. The zero-order valence-corrected chi connectivity index (χ0v) is 15.1. The molecule has 0 spiro atoms. The Labute approximate surface area is 151 Å². The number of hydrogen-bond acceptors (Lipinski definition) is 6. The number of rotatable bonds is 4. The Hall–Kier alpha value is -2.94. The van der Waals surface area contributed by atoms with Crippen LogP contribution >= 0.6 is 0 Å². The zero-order chi connectivity index (χ0) is 18.9. The molecule has 2 aromatic carbocycles. The molecule has 0 radical (unpaired) electrons. The minimum atomic E-state index is -3.88. The van der Waals surface area contributed by atoms with Crippen LogP contribution in [-0.2, 0) is 10.0 Å². The second kappa shape index (κ2) is 6.75. The predicted octanol–water partition coefficient (Wildman–Crippen LogP) is 2.26. The molecule has 0 saturated heterocycles. The fourth-order valence-electron chi connectivity index (χ4n) is 2.75. The number of non-ortho nitro benzene ring substituents is 1. The second-order valence-corrected chi connectivity index (χ2v) is 7.90. The van der Waals surface area contributed by atoms with E-state index in [9.17, 15) is 18.5 Å². The van der Waals surface area contributed by atoms with Crippen LogP contribution in [0.4, 0.5) is 5.69 Å². The minimum Gasteiger partial charge on any atom is -0.348 e. The molecule has 3 rings (SSSR count). The maximum atomic E-state index is 13.1. The van der Waals surface area contributed by atoms with Gasteiger partial charge in [0.05, 0.1) is 22.4 Å². The summed E-state index contributed by atoms with van der Waals surface area (Å²) in [5.74, 6) is 0.331. The average Bonchev–Trinajstić information content (AvgIpc) is 3.09. The molecule has 0 saturated carbocycles. The standard InChI is InChI=1S/C17H18N4O4S/c1-19(2)17-18-16(13-6-4-3-5-7-13)12-20(17)26(24,25)15-10-8-14(9-11-15)21(22)23/h3-11,16H,12H2,1-2H3. The van der Waals surface area contributed by atoms with Crippen molar-refractivity contribution in [2.75, 3.05) is 20.6 Å². The first-order valence-electron chi connectivity index (χ1n) is 7.88. The van der Waals surface area contributed by atoms with Gasteiger partial charge >= 0.3 is 0 Å². The lowest BCUT2D eigenvalue weighted by molar-refractivity contribution is -0.384.